The molecule has 0 saturated carbocycles. The van der Waals surface area contributed by atoms with Crippen molar-refractivity contribution in [1.82, 2.24) is 4.98 Å². The second-order valence-corrected chi connectivity index (χ2v) is 4.51. The molecular formula is C13H13NO3. The van der Waals surface area contributed by atoms with Crippen molar-refractivity contribution in [3.05, 3.63) is 30.3 Å². The molecule has 0 N–H and O–H groups in total. The number of ether oxygens (including phenoxy) is 1. The summed E-state index contributed by atoms with van der Waals surface area (Å²) in [6.07, 6.45) is 4.87. The van der Waals surface area contributed by atoms with Gasteiger partial charge in [0.2, 0.25) is 0 Å². The lowest BCUT2D eigenvalue weighted by molar-refractivity contribution is -0.143. The molecule has 0 aromatic carbocycles. The topological polar surface area (TPSA) is 52.3 Å². The molecule has 0 bridgehead atoms. The summed E-state index contributed by atoms with van der Waals surface area (Å²) >= 11 is 0. The van der Waals surface area contributed by atoms with Gasteiger partial charge in [0.25, 0.3) is 0 Å². The predicted molar refractivity (Wildman–Crippen MR) is 61.4 cm³/mol. The van der Waals surface area contributed by atoms with Crippen LogP contribution in [-0.2, 0) is 16.0 Å². The molecule has 2 atom stereocenters. The van der Waals surface area contributed by atoms with E-state index in [0.717, 1.165) is 23.2 Å². The highest BCUT2D eigenvalue weighted by Gasteiger charge is 2.32. The van der Waals surface area contributed by atoms with Gasteiger partial charge in [-0.25, -0.2) is 0 Å². The molecule has 3 heterocycles. The fourth-order valence-electron chi connectivity index (χ4n) is 2.29. The summed E-state index contributed by atoms with van der Waals surface area (Å²) < 4.78 is 10.8. The van der Waals surface area contributed by atoms with Crippen LogP contribution in [0.3, 0.4) is 0 Å². The Hall–Kier alpha value is -1.84. The summed E-state index contributed by atoms with van der Waals surface area (Å²) in [5, 5.41) is 0.974. The van der Waals surface area contributed by atoms with E-state index in [4.69, 9.17) is 9.15 Å². The summed E-state index contributed by atoms with van der Waals surface area (Å²) in [7, 11) is 0. The van der Waals surface area contributed by atoms with Crippen LogP contribution in [0.4, 0.5) is 0 Å². The molecule has 0 amide bonds. The maximum atomic E-state index is 11.5. The number of hydrogen-bond donors (Lipinski definition) is 0. The third-order valence-electron chi connectivity index (χ3n) is 3.08. The van der Waals surface area contributed by atoms with Crippen LogP contribution < -0.4 is 0 Å². The smallest absolute Gasteiger partial charge is 0.309 e. The molecule has 1 aliphatic rings. The lowest BCUT2D eigenvalue weighted by atomic mass is 10.0. The summed E-state index contributed by atoms with van der Waals surface area (Å²) in [6.45, 7) is 1.92. The Bertz CT molecular complexity index is 528. The lowest BCUT2D eigenvalue weighted by Crippen LogP contribution is -2.09. The number of esters is 1. The Balaban J connectivity index is 1.83. The quantitative estimate of drug-likeness (QED) is 0.744. The van der Waals surface area contributed by atoms with Crippen LogP contribution in [0.1, 0.15) is 19.1 Å². The van der Waals surface area contributed by atoms with E-state index in [1.165, 1.54) is 0 Å². The fraction of sp³-hybridized carbons (Fsp3) is 0.385. The number of cyclic esters (lactones) is 1. The number of nitrogens with zero attached hydrogens (tertiary/aromatic N) is 1. The Morgan fingerprint density at radius 2 is 2.41 bits per heavy atom. The first-order valence-electron chi connectivity index (χ1n) is 5.75. The summed E-state index contributed by atoms with van der Waals surface area (Å²) in [5.41, 5.74) is 0.814. The SMILES string of the molecule is C[C@@H]1C[C@@H](Cc2cc3cnccc3o2)C(=O)O1. The zero-order valence-corrected chi connectivity index (χ0v) is 9.55. The number of rotatable bonds is 2. The van der Waals surface area contributed by atoms with Crippen molar-refractivity contribution in [1.29, 1.82) is 0 Å². The number of carbonyl (C=O) groups is 1. The number of aromatic nitrogens is 1. The predicted octanol–water partition coefficient (Wildman–Crippen LogP) is 2.32. The van der Waals surface area contributed by atoms with Crippen LogP contribution in [0.5, 0.6) is 0 Å². The van der Waals surface area contributed by atoms with Crippen molar-refractivity contribution in [3.8, 4) is 0 Å². The minimum absolute atomic E-state index is 0.0264. The van der Waals surface area contributed by atoms with Crippen LogP contribution in [-0.4, -0.2) is 17.1 Å². The van der Waals surface area contributed by atoms with Gasteiger partial charge >= 0.3 is 5.97 Å². The van der Waals surface area contributed by atoms with E-state index in [9.17, 15) is 4.79 Å². The second-order valence-electron chi connectivity index (χ2n) is 4.51. The average molecular weight is 231 g/mol. The van der Waals surface area contributed by atoms with Crippen LogP contribution in [0.25, 0.3) is 11.0 Å². The third-order valence-corrected chi connectivity index (χ3v) is 3.08. The second kappa shape index (κ2) is 3.87. The molecule has 2 aromatic heterocycles. The van der Waals surface area contributed by atoms with Crippen molar-refractivity contribution in [2.45, 2.75) is 25.9 Å². The maximum Gasteiger partial charge on any atom is 0.309 e. The largest absolute Gasteiger partial charge is 0.462 e. The lowest BCUT2D eigenvalue weighted by Gasteiger charge is -2.00. The van der Waals surface area contributed by atoms with E-state index < -0.39 is 0 Å². The summed E-state index contributed by atoms with van der Waals surface area (Å²) in [4.78, 5) is 15.6. The summed E-state index contributed by atoms with van der Waals surface area (Å²) in [6, 6.07) is 3.77. The van der Waals surface area contributed by atoms with Gasteiger partial charge in [-0.15, -0.1) is 0 Å². The first-order chi connectivity index (χ1) is 8.22. The van der Waals surface area contributed by atoms with Gasteiger partial charge in [0.15, 0.2) is 0 Å². The first-order valence-corrected chi connectivity index (χ1v) is 5.75. The van der Waals surface area contributed by atoms with Crippen LogP contribution in [0, 0.1) is 5.92 Å². The molecule has 0 aliphatic carbocycles. The monoisotopic (exact) mass is 231 g/mol. The number of hydrogen-bond acceptors (Lipinski definition) is 4. The minimum atomic E-state index is -0.115. The van der Waals surface area contributed by atoms with E-state index in [-0.39, 0.29) is 18.0 Å². The van der Waals surface area contributed by atoms with Crippen molar-refractivity contribution in [2.24, 2.45) is 5.92 Å². The van der Waals surface area contributed by atoms with Crippen LogP contribution in [0.2, 0.25) is 0 Å². The Kier molecular flexibility index (Phi) is 2.35. The highest BCUT2D eigenvalue weighted by molar-refractivity contribution is 5.77. The molecule has 3 rings (SSSR count). The molecule has 0 spiro atoms. The Morgan fingerprint density at radius 1 is 1.53 bits per heavy atom. The van der Waals surface area contributed by atoms with E-state index in [1.54, 1.807) is 12.4 Å². The van der Waals surface area contributed by atoms with Gasteiger partial charge in [-0.2, -0.15) is 0 Å². The molecule has 88 valence electrons. The standard InChI is InChI=1S/C13H13NO3/c1-8-4-9(13(15)16-8)5-11-6-10-7-14-3-2-12(10)17-11/h2-3,6-9H,4-5H2,1H3/t8-,9+/m1/s1. The molecule has 0 unspecified atom stereocenters. The third kappa shape index (κ3) is 1.90. The zero-order chi connectivity index (χ0) is 11.8. The van der Waals surface area contributed by atoms with Crippen molar-refractivity contribution < 1.29 is 13.9 Å². The molecule has 2 aromatic rings. The van der Waals surface area contributed by atoms with Gasteiger partial charge in [-0.1, -0.05) is 0 Å². The number of carbonyl (C=O) groups excluding carboxylic acids is 1. The normalized spacial score (nSPS) is 24.2. The fourth-order valence-corrected chi connectivity index (χ4v) is 2.29. The zero-order valence-electron chi connectivity index (χ0n) is 9.55. The minimum Gasteiger partial charge on any atom is -0.462 e. The molecule has 4 heteroatoms. The molecule has 1 fully saturated rings. The van der Waals surface area contributed by atoms with E-state index in [1.807, 2.05) is 19.1 Å². The average Bonchev–Trinajstić information content (AvgIpc) is 2.82. The van der Waals surface area contributed by atoms with Gasteiger partial charge in [0.1, 0.15) is 11.3 Å². The first kappa shape index (κ1) is 10.3. The van der Waals surface area contributed by atoms with E-state index in [2.05, 4.69) is 4.98 Å². The maximum absolute atomic E-state index is 11.5. The Morgan fingerprint density at radius 3 is 3.12 bits per heavy atom. The van der Waals surface area contributed by atoms with E-state index in [0.29, 0.717) is 6.42 Å². The molecule has 0 radical (unpaired) electrons. The molecule has 17 heavy (non-hydrogen) atoms. The molecular weight excluding hydrogens is 218 g/mol. The van der Waals surface area contributed by atoms with Gasteiger partial charge in [-0.05, 0) is 25.5 Å². The van der Waals surface area contributed by atoms with Crippen molar-refractivity contribution in [3.63, 3.8) is 0 Å². The van der Waals surface area contributed by atoms with Gasteiger partial charge < -0.3 is 9.15 Å². The van der Waals surface area contributed by atoms with Gasteiger partial charge in [-0.3, -0.25) is 9.78 Å². The number of pyridine rings is 1. The van der Waals surface area contributed by atoms with Crippen LogP contribution in [0.15, 0.2) is 28.9 Å². The van der Waals surface area contributed by atoms with Crippen molar-refractivity contribution in [2.75, 3.05) is 0 Å². The highest BCUT2D eigenvalue weighted by Crippen LogP contribution is 2.27. The van der Waals surface area contributed by atoms with Crippen LogP contribution >= 0.6 is 0 Å². The molecule has 1 saturated heterocycles. The Labute approximate surface area is 98.6 Å². The molecule has 4 nitrogen and oxygen atoms in total. The van der Waals surface area contributed by atoms with Crippen molar-refractivity contribution >= 4 is 16.9 Å². The van der Waals surface area contributed by atoms with Gasteiger partial charge in [0, 0.05) is 24.2 Å². The number of fused-ring (bicyclic) bond motifs is 1. The van der Waals surface area contributed by atoms with E-state index >= 15 is 0 Å². The molecule has 1 aliphatic heterocycles. The number of furan rings is 1. The summed E-state index contributed by atoms with van der Waals surface area (Å²) in [5.74, 6) is 0.638. The van der Waals surface area contributed by atoms with Gasteiger partial charge in [0.05, 0.1) is 12.0 Å². The highest BCUT2D eigenvalue weighted by atomic mass is 16.5.